The fourth-order valence-corrected chi connectivity index (χ4v) is 7.37. The maximum Gasteiger partial charge on any atom is 0.310 e. The second-order valence-electron chi connectivity index (χ2n) is 9.65. The highest BCUT2D eigenvalue weighted by atomic mass is 32.2. The quantitative estimate of drug-likeness (QED) is 0.210. The summed E-state index contributed by atoms with van der Waals surface area (Å²) in [6.07, 6.45) is 0.174. The molecular formula is C29H28N2O6S3. The molecule has 40 heavy (non-hydrogen) atoms. The molecule has 0 saturated heterocycles. The molecule has 0 fully saturated rings. The van der Waals surface area contributed by atoms with E-state index in [0.29, 0.717) is 28.5 Å². The molecule has 0 amide bonds. The van der Waals surface area contributed by atoms with Gasteiger partial charge in [-0.1, -0.05) is 30.3 Å². The first-order valence-corrected chi connectivity index (χ1v) is 16.3. The summed E-state index contributed by atoms with van der Waals surface area (Å²) in [7, 11) is -3.49. The Balaban J connectivity index is 1.28. The van der Waals surface area contributed by atoms with Gasteiger partial charge in [0.15, 0.2) is 0 Å². The molecule has 1 atom stereocenters. The van der Waals surface area contributed by atoms with E-state index in [1.165, 1.54) is 4.31 Å². The molecule has 5 aromatic rings. The van der Waals surface area contributed by atoms with Crippen molar-refractivity contribution in [3.8, 4) is 17.2 Å². The topological polar surface area (TPSA) is 97.3 Å². The number of aliphatic hydroxyl groups excluding tert-OH is 1. The highest BCUT2D eigenvalue weighted by Crippen LogP contribution is 2.38. The third-order valence-corrected chi connectivity index (χ3v) is 9.77. The van der Waals surface area contributed by atoms with Crippen LogP contribution in [-0.2, 0) is 10.0 Å². The molecule has 0 spiro atoms. The van der Waals surface area contributed by atoms with Crippen molar-refractivity contribution in [2.75, 3.05) is 30.3 Å². The number of rotatable bonds is 9. The Hall–Kier alpha value is -3.35. The molecule has 3 heterocycles. The molecule has 6 rings (SSSR count). The fourth-order valence-electron chi connectivity index (χ4n) is 4.74. The van der Waals surface area contributed by atoms with Crippen LogP contribution in [-0.4, -0.2) is 45.4 Å². The molecule has 208 valence electrons. The lowest BCUT2D eigenvalue weighted by atomic mass is 10.1. The van der Waals surface area contributed by atoms with Crippen molar-refractivity contribution in [3.63, 3.8) is 0 Å². The molecule has 2 N–H and O–H groups in total. The van der Waals surface area contributed by atoms with E-state index in [-0.39, 0.29) is 19.7 Å². The van der Waals surface area contributed by atoms with Crippen LogP contribution in [0.2, 0.25) is 0 Å². The maximum atomic E-state index is 12.3. The fraction of sp³-hybridized carbons (Fsp3) is 0.241. The van der Waals surface area contributed by atoms with Crippen molar-refractivity contribution in [1.29, 1.82) is 0 Å². The van der Waals surface area contributed by atoms with Gasteiger partial charge in [-0.3, -0.25) is 4.31 Å². The second kappa shape index (κ2) is 10.6. The Morgan fingerprint density at radius 1 is 1.00 bits per heavy atom. The van der Waals surface area contributed by atoms with E-state index in [4.69, 9.17) is 14.2 Å². The molecule has 1 unspecified atom stereocenters. The lowest BCUT2D eigenvalue weighted by Gasteiger charge is -2.33. The van der Waals surface area contributed by atoms with E-state index in [9.17, 15) is 13.5 Å². The number of aliphatic hydroxyl groups is 1. The molecule has 1 aliphatic rings. The molecule has 0 bridgehead atoms. The Morgan fingerprint density at radius 2 is 1.60 bits per heavy atom. The Kier molecular flexibility index (Phi) is 7.09. The number of thiophene rings is 2. The first-order valence-electron chi connectivity index (χ1n) is 12.7. The molecule has 2 aromatic heterocycles. The van der Waals surface area contributed by atoms with Gasteiger partial charge in [0.1, 0.15) is 23.9 Å². The summed E-state index contributed by atoms with van der Waals surface area (Å²) in [4.78, 5) is 0. The zero-order valence-corrected chi connectivity index (χ0v) is 24.3. The Labute approximate surface area is 240 Å². The number of fused-ring (bicyclic) bond motifs is 3. The summed E-state index contributed by atoms with van der Waals surface area (Å²) in [5.41, 5.74) is 0.949. The molecule has 0 aliphatic carbocycles. The van der Waals surface area contributed by atoms with Gasteiger partial charge >= 0.3 is 5.91 Å². The van der Waals surface area contributed by atoms with Gasteiger partial charge in [0.05, 0.1) is 24.6 Å². The lowest BCUT2D eigenvalue weighted by Crippen LogP contribution is -2.53. The van der Waals surface area contributed by atoms with Crippen LogP contribution in [0, 0.1) is 0 Å². The standard InChI is InChI=1S/C29H28N2O6S3/c1-29(36-25-17-38-27-9-5-3-7-20(25)27,37-26-18-39-28-10-6-4-8-21(26)28)30-16-23(32)19-11-12-24-22(15-19)31(13-14-35-24)40(2,33)34/h3-12,15,17-18,23,30,32H,13-14,16H2,1-2H3. The third-order valence-electron chi connectivity index (χ3n) is 6.71. The van der Waals surface area contributed by atoms with Crippen molar-refractivity contribution in [2.45, 2.75) is 18.9 Å². The molecule has 8 nitrogen and oxygen atoms in total. The largest absolute Gasteiger partial charge is 0.489 e. The number of hydrogen-bond acceptors (Lipinski definition) is 9. The van der Waals surface area contributed by atoms with E-state index >= 15 is 0 Å². The minimum absolute atomic E-state index is 0.0686. The molecular weight excluding hydrogens is 569 g/mol. The summed E-state index contributed by atoms with van der Waals surface area (Å²) in [6, 6.07) is 21.0. The summed E-state index contributed by atoms with van der Waals surface area (Å²) >= 11 is 3.16. The van der Waals surface area contributed by atoms with Gasteiger partial charge in [0.25, 0.3) is 0 Å². The maximum absolute atomic E-state index is 12.3. The van der Waals surface area contributed by atoms with Crippen LogP contribution in [0.15, 0.2) is 77.5 Å². The monoisotopic (exact) mass is 596 g/mol. The highest BCUT2D eigenvalue weighted by Gasteiger charge is 2.32. The molecule has 1 aliphatic heterocycles. The summed E-state index contributed by atoms with van der Waals surface area (Å²) in [5, 5.41) is 20.3. The van der Waals surface area contributed by atoms with E-state index < -0.39 is 22.0 Å². The number of sulfonamides is 1. The van der Waals surface area contributed by atoms with Gasteiger partial charge in [0.2, 0.25) is 10.0 Å². The van der Waals surface area contributed by atoms with Gasteiger partial charge in [-0.15, -0.1) is 22.7 Å². The predicted octanol–water partition coefficient (Wildman–Crippen LogP) is 5.73. The van der Waals surface area contributed by atoms with Gasteiger partial charge in [-0.05, 0) is 42.0 Å². The Bertz CT molecular complexity index is 1710. The van der Waals surface area contributed by atoms with Gasteiger partial charge < -0.3 is 19.3 Å². The highest BCUT2D eigenvalue weighted by molar-refractivity contribution is 7.92. The predicted molar refractivity (Wildman–Crippen MR) is 160 cm³/mol. The minimum atomic E-state index is -3.49. The van der Waals surface area contributed by atoms with Crippen molar-refractivity contribution in [3.05, 3.63) is 83.1 Å². The average molecular weight is 597 g/mol. The molecule has 0 saturated carbocycles. The van der Waals surface area contributed by atoms with Crippen LogP contribution >= 0.6 is 22.7 Å². The van der Waals surface area contributed by atoms with Crippen molar-refractivity contribution >= 4 is 58.6 Å². The number of hydrogen-bond donors (Lipinski definition) is 2. The third kappa shape index (κ3) is 5.35. The number of nitrogens with one attached hydrogen (secondary N) is 1. The number of nitrogens with zero attached hydrogens (tertiary/aromatic N) is 1. The lowest BCUT2D eigenvalue weighted by molar-refractivity contribution is -0.127. The van der Waals surface area contributed by atoms with Crippen LogP contribution in [0.25, 0.3) is 20.2 Å². The SMILES string of the molecule is CC(NCC(O)c1ccc2c(c1)N(S(C)(=O)=O)CCO2)(Oc1csc2ccccc12)Oc1csc2ccccc12. The van der Waals surface area contributed by atoms with E-state index in [0.717, 1.165) is 26.4 Å². The van der Waals surface area contributed by atoms with Gasteiger partial charge in [-0.2, -0.15) is 0 Å². The van der Waals surface area contributed by atoms with Crippen LogP contribution < -0.4 is 23.8 Å². The van der Waals surface area contributed by atoms with E-state index in [1.54, 1.807) is 47.8 Å². The first kappa shape index (κ1) is 26.9. The molecule has 3 aromatic carbocycles. The zero-order valence-electron chi connectivity index (χ0n) is 21.9. The number of ether oxygens (including phenoxy) is 3. The van der Waals surface area contributed by atoms with Crippen molar-refractivity contribution in [1.82, 2.24) is 5.32 Å². The van der Waals surface area contributed by atoms with Gasteiger partial charge in [-0.25, -0.2) is 13.7 Å². The Morgan fingerprint density at radius 3 is 2.20 bits per heavy atom. The minimum Gasteiger partial charge on any atom is -0.489 e. The van der Waals surface area contributed by atoms with Crippen molar-refractivity contribution in [2.24, 2.45) is 0 Å². The van der Waals surface area contributed by atoms with Crippen LogP contribution in [0.4, 0.5) is 5.69 Å². The second-order valence-corrected chi connectivity index (χ2v) is 13.4. The van der Waals surface area contributed by atoms with Crippen LogP contribution in [0.5, 0.6) is 17.2 Å². The van der Waals surface area contributed by atoms with Gasteiger partial charge in [0, 0.05) is 44.4 Å². The summed E-state index contributed by atoms with van der Waals surface area (Å²) in [6.45, 7) is 2.33. The van der Waals surface area contributed by atoms with E-state index in [2.05, 4.69) is 5.32 Å². The van der Waals surface area contributed by atoms with Crippen LogP contribution in [0.3, 0.4) is 0 Å². The normalized spacial score (nSPS) is 14.6. The average Bonchev–Trinajstić information content (AvgIpc) is 3.54. The van der Waals surface area contributed by atoms with Crippen molar-refractivity contribution < 1.29 is 27.7 Å². The number of benzene rings is 3. The summed E-state index contributed by atoms with van der Waals surface area (Å²) in [5.74, 6) is 0.453. The first-order chi connectivity index (χ1) is 19.2. The smallest absolute Gasteiger partial charge is 0.310 e. The zero-order chi connectivity index (χ0) is 27.9. The molecule has 11 heteroatoms. The molecule has 0 radical (unpaired) electrons. The summed E-state index contributed by atoms with van der Waals surface area (Å²) < 4.78 is 46.8. The number of anilines is 1. The van der Waals surface area contributed by atoms with E-state index in [1.807, 2.05) is 59.3 Å². The van der Waals surface area contributed by atoms with Crippen LogP contribution in [0.1, 0.15) is 18.6 Å².